The van der Waals surface area contributed by atoms with E-state index in [4.69, 9.17) is 29.9 Å². The van der Waals surface area contributed by atoms with E-state index in [1.165, 1.54) is 38.2 Å². The number of aromatic nitrogens is 6. The molecule has 0 saturated heterocycles. The van der Waals surface area contributed by atoms with Gasteiger partial charge in [-0.15, -0.1) is 0 Å². The molecule has 0 atom stereocenters. The molecule has 0 spiro atoms. The summed E-state index contributed by atoms with van der Waals surface area (Å²) in [6.45, 7) is 3.66. The highest BCUT2D eigenvalue weighted by Gasteiger charge is 2.22. The number of benzene rings is 15. The van der Waals surface area contributed by atoms with Crippen molar-refractivity contribution in [3.05, 3.63) is 346 Å². The van der Waals surface area contributed by atoms with Crippen LogP contribution in [0.2, 0.25) is 0 Å². The van der Waals surface area contributed by atoms with E-state index in [1.807, 2.05) is 123 Å². The molecule has 17 rings (SSSR count). The molecule has 0 amide bonds. The lowest BCUT2D eigenvalue weighted by Gasteiger charge is -2.19. The predicted molar refractivity (Wildman–Crippen MR) is 409 cm³/mol. The second kappa shape index (κ2) is 26.4. The van der Waals surface area contributed by atoms with Crippen molar-refractivity contribution < 1.29 is 4.57 Å². The maximum absolute atomic E-state index is 13.1. The Kier molecular flexibility index (Phi) is 16.3. The van der Waals surface area contributed by atoms with Gasteiger partial charge in [0.2, 0.25) is 0 Å². The highest BCUT2D eigenvalue weighted by molar-refractivity contribution is 7.70. The molecule has 0 radical (unpaired) electrons. The van der Waals surface area contributed by atoms with Crippen molar-refractivity contribution in [2.75, 3.05) is 13.3 Å². The first-order chi connectivity index (χ1) is 48.2. The van der Waals surface area contributed by atoms with Crippen molar-refractivity contribution in [1.82, 2.24) is 29.9 Å². The molecule has 0 bridgehead atoms. The van der Waals surface area contributed by atoms with Crippen molar-refractivity contribution in [2.24, 2.45) is 0 Å². The third-order valence-corrected chi connectivity index (χ3v) is 19.6. The second-order valence-corrected chi connectivity index (χ2v) is 28.0. The van der Waals surface area contributed by atoms with Crippen LogP contribution < -0.4 is 5.30 Å². The van der Waals surface area contributed by atoms with Gasteiger partial charge in [-0.1, -0.05) is 322 Å². The summed E-state index contributed by atoms with van der Waals surface area (Å²) < 4.78 is 13.1. The lowest BCUT2D eigenvalue weighted by molar-refractivity contribution is 0.588. The summed E-state index contributed by atoms with van der Waals surface area (Å²) in [7, 11) is -2.44. The van der Waals surface area contributed by atoms with Gasteiger partial charge in [-0.05, 0) is 136 Å². The standard InChI is InChI=1S/C47H31N3.C43H32N3OP/c1-4-16-32(17-5-1)35-22-14-24-37(30-35)46-48-45(34-20-8-3-9-21-34)49-47(50-46)38-25-15-23-36(31-38)44-41-28-12-10-26-39(41)43(33-18-6-2-7-19-33)40-27-11-13-29-42(40)44;1-48(2,47)34-22-14-20-32(28-34)40-37-25-11-9-23-35(37)39(36-24-10-12-26-38(36)40)31-19-13-21-33(27-31)43-45-41(29-15-5-3-6-16-29)44-42(46-43)30-17-7-4-8-18-30/h1-31H;3-28H,1-2H3. The summed E-state index contributed by atoms with van der Waals surface area (Å²) in [6, 6.07) is 120. The number of nitrogens with zero attached hydrogens (tertiary/aromatic N) is 6. The highest BCUT2D eigenvalue weighted by Crippen LogP contribution is 2.47. The van der Waals surface area contributed by atoms with Gasteiger partial charge in [0.15, 0.2) is 34.9 Å². The largest absolute Gasteiger partial charge is 0.319 e. The lowest BCUT2D eigenvalue weighted by atomic mass is 9.85. The molecule has 0 aliphatic carbocycles. The van der Waals surface area contributed by atoms with Gasteiger partial charge < -0.3 is 4.57 Å². The summed E-state index contributed by atoms with van der Waals surface area (Å²) in [5, 5.41) is 10.3. The van der Waals surface area contributed by atoms with Crippen LogP contribution in [0.5, 0.6) is 0 Å². The van der Waals surface area contributed by atoms with Crippen molar-refractivity contribution in [3.8, 4) is 124 Å². The average Bonchev–Trinajstić information content (AvgIpc) is 0.740. The molecule has 98 heavy (non-hydrogen) atoms. The highest BCUT2D eigenvalue weighted by atomic mass is 31.2. The molecule has 0 aliphatic heterocycles. The number of rotatable bonds is 12. The third kappa shape index (κ3) is 12.0. The normalized spacial score (nSPS) is 11.4. The zero-order valence-electron chi connectivity index (χ0n) is 53.9. The van der Waals surface area contributed by atoms with Crippen LogP contribution in [0.4, 0.5) is 0 Å². The van der Waals surface area contributed by atoms with E-state index in [9.17, 15) is 4.57 Å². The Bertz CT molecular complexity index is 5690. The number of fused-ring (bicyclic) bond motifs is 4. The van der Waals surface area contributed by atoms with Crippen LogP contribution in [-0.4, -0.2) is 43.2 Å². The fourth-order valence-electron chi connectivity index (χ4n) is 13.5. The molecular formula is C90H63N6OP. The molecule has 8 heteroatoms. The lowest BCUT2D eigenvalue weighted by Crippen LogP contribution is -2.02. The molecule has 17 aromatic rings. The second-order valence-electron chi connectivity index (χ2n) is 24.8. The molecule has 0 fully saturated rings. The summed E-state index contributed by atoms with van der Waals surface area (Å²) in [5.41, 5.74) is 17.1. The predicted octanol–water partition coefficient (Wildman–Crippen LogP) is 22.9. The number of hydrogen-bond acceptors (Lipinski definition) is 7. The topological polar surface area (TPSA) is 94.4 Å². The van der Waals surface area contributed by atoms with Gasteiger partial charge in [0.25, 0.3) is 0 Å². The molecule has 0 unspecified atom stereocenters. The molecule has 15 aromatic carbocycles. The van der Waals surface area contributed by atoms with E-state index in [2.05, 4.69) is 237 Å². The SMILES string of the molecule is CP(C)(=O)c1cccc(-c2c3ccccc3c(-c3cccc(-c4nc(-c5ccccc5)nc(-c5ccccc5)n4)c3)c3ccccc23)c1.c1ccc(-c2cccc(-c3nc(-c4ccccc4)nc(-c4cccc(-c5c6ccccc6c(-c6ccccc6)c6ccccc56)c4)n3)c2)cc1. The van der Waals surface area contributed by atoms with Crippen LogP contribution in [0.25, 0.3) is 167 Å². The zero-order valence-corrected chi connectivity index (χ0v) is 54.8. The van der Waals surface area contributed by atoms with Crippen LogP contribution in [0.15, 0.2) is 346 Å². The summed E-state index contributed by atoms with van der Waals surface area (Å²) in [4.78, 5) is 30.1. The Morgan fingerprint density at radius 1 is 0.184 bits per heavy atom. The summed E-state index contributed by atoms with van der Waals surface area (Å²) in [6.07, 6.45) is 0. The smallest absolute Gasteiger partial charge is 0.164 e. The molecule has 2 aromatic heterocycles. The van der Waals surface area contributed by atoms with Crippen LogP contribution in [0.3, 0.4) is 0 Å². The van der Waals surface area contributed by atoms with Gasteiger partial charge >= 0.3 is 0 Å². The number of hydrogen-bond donors (Lipinski definition) is 0. The Balaban J connectivity index is 0.000000153. The average molecular weight is 1280 g/mol. The van der Waals surface area contributed by atoms with Crippen molar-refractivity contribution in [2.45, 2.75) is 0 Å². The van der Waals surface area contributed by atoms with Crippen molar-refractivity contribution >= 4 is 55.5 Å². The van der Waals surface area contributed by atoms with Crippen LogP contribution in [-0.2, 0) is 4.57 Å². The quantitative estimate of drug-likeness (QED) is 0.0888. The van der Waals surface area contributed by atoms with Gasteiger partial charge in [0.1, 0.15) is 7.14 Å². The summed E-state index contributed by atoms with van der Waals surface area (Å²) in [5.74, 6) is 3.81. The van der Waals surface area contributed by atoms with Gasteiger partial charge in [-0.3, -0.25) is 0 Å². The van der Waals surface area contributed by atoms with E-state index in [-0.39, 0.29) is 0 Å². The Morgan fingerprint density at radius 3 is 0.694 bits per heavy atom. The molecule has 0 N–H and O–H groups in total. The zero-order chi connectivity index (χ0) is 65.9. The van der Waals surface area contributed by atoms with E-state index in [0.29, 0.717) is 34.9 Å². The first-order valence-corrected chi connectivity index (χ1v) is 35.5. The fourth-order valence-corrected chi connectivity index (χ4v) is 14.4. The van der Waals surface area contributed by atoms with E-state index < -0.39 is 7.14 Å². The van der Waals surface area contributed by atoms with Crippen molar-refractivity contribution in [3.63, 3.8) is 0 Å². The van der Waals surface area contributed by atoms with Gasteiger partial charge in [-0.2, -0.15) is 0 Å². The first-order valence-electron chi connectivity index (χ1n) is 32.9. The van der Waals surface area contributed by atoms with Crippen LogP contribution >= 0.6 is 7.14 Å². The molecule has 2 heterocycles. The monoisotopic (exact) mass is 1270 g/mol. The minimum absolute atomic E-state index is 0.621. The minimum atomic E-state index is -2.44. The molecule has 0 saturated carbocycles. The van der Waals surface area contributed by atoms with Gasteiger partial charge in [0.05, 0.1) is 0 Å². The maximum Gasteiger partial charge on any atom is 0.164 e. The Morgan fingerprint density at radius 2 is 0.388 bits per heavy atom. The Labute approximate surface area is 569 Å². The fraction of sp³-hybridized carbons (Fsp3) is 0.0222. The van der Waals surface area contributed by atoms with Crippen molar-refractivity contribution in [1.29, 1.82) is 0 Å². The first kappa shape index (κ1) is 60.5. The van der Waals surface area contributed by atoms with Gasteiger partial charge in [0, 0.05) is 38.7 Å². The van der Waals surface area contributed by atoms with Gasteiger partial charge in [-0.25, -0.2) is 29.9 Å². The third-order valence-electron chi connectivity index (χ3n) is 18.1. The van der Waals surface area contributed by atoms with Crippen LogP contribution in [0.1, 0.15) is 0 Å². The molecular weight excluding hydrogens is 1210 g/mol. The van der Waals surface area contributed by atoms with Crippen LogP contribution in [0, 0.1) is 0 Å². The molecule has 0 aliphatic rings. The van der Waals surface area contributed by atoms with E-state index in [1.54, 1.807) is 0 Å². The Hall–Kier alpha value is -12.4. The summed E-state index contributed by atoms with van der Waals surface area (Å²) >= 11 is 0. The van der Waals surface area contributed by atoms with E-state index in [0.717, 1.165) is 99.2 Å². The minimum Gasteiger partial charge on any atom is -0.319 e. The molecule has 7 nitrogen and oxygen atoms in total. The van der Waals surface area contributed by atoms with E-state index >= 15 is 0 Å². The molecule has 464 valence electrons. The maximum atomic E-state index is 13.1.